The third-order valence-electron chi connectivity index (χ3n) is 4.03. The molecule has 6 nitrogen and oxygen atoms in total. The second kappa shape index (κ2) is 7.49. The minimum absolute atomic E-state index is 0.0580. The summed E-state index contributed by atoms with van der Waals surface area (Å²) in [5, 5.41) is 10.6. The van der Waals surface area contributed by atoms with Gasteiger partial charge in [0.2, 0.25) is 0 Å². The standard InChI is InChI=1S/C17H19ClN4O2S/c1-3-10(2)19-16(23)17(24)20-15-13-8-25-9-14(13)21-22(15)12-6-4-5-11(18)7-12/h4-7,10H,3,8-9H2,1-2H3,(H,19,23)(H,20,24)/t10-/m1/s1. The van der Waals surface area contributed by atoms with Crippen molar-refractivity contribution in [2.45, 2.75) is 37.8 Å². The van der Waals surface area contributed by atoms with E-state index in [1.807, 2.05) is 26.0 Å². The zero-order valence-electron chi connectivity index (χ0n) is 14.0. The Morgan fingerprint density at radius 3 is 2.88 bits per heavy atom. The zero-order valence-corrected chi connectivity index (χ0v) is 15.6. The number of hydrogen-bond acceptors (Lipinski definition) is 4. The lowest BCUT2D eigenvalue weighted by Gasteiger charge is -2.13. The number of aromatic nitrogens is 2. The number of halogens is 1. The SMILES string of the molecule is CC[C@@H](C)NC(=O)C(=O)Nc1c2c(nn1-c1cccc(Cl)c1)CSC2. The number of rotatable bonds is 4. The highest BCUT2D eigenvalue weighted by Crippen LogP contribution is 2.36. The van der Waals surface area contributed by atoms with E-state index in [4.69, 9.17) is 11.6 Å². The lowest BCUT2D eigenvalue weighted by Crippen LogP contribution is -2.40. The van der Waals surface area contributed by atoms with Crippen molar-refractivity contribution in [3.63, 3.8) is 0 Å². The fraction of sp³-hybridized carbons (Fsp3) is 0.353. The summed E-state index contributed by atoms with van der Waals surface area (Å²) in [5.41, 5.74) is 2.61. The first-order valence-corrected chi connectivity index (χ1v) is 9.59. The van der Waals surface area contributed by atoms with Crippen LogP contribution in [0.4, 0.5) is 5.82 Å². The number of nitrogens with zero attached hydrogens (tertiary/aromatic N) is 2. The highest BCUT2D eigenvalue weighted by Gasteiger charge is 2.26. The number of carbonyl (C=O) groups excluding carboxylic acids is 2. The van der Waals surface area contributed by atoms with Gasteiger partial charge in [-0.05, 0) is 31.5 Å². The van der Waals surface area contributed by atoms with E-state index < -0.39 is 11.8 Å². The number of hydrogen-bond donors (Lipinski definition) is 2. The van der Waals surface area contributed by atoms with Gasteiger partial charge >= 0.3 is 11.8 Å². The molecule has 132 valence electrons. The van der Waals surface area contributed by atoms with Crippen molar-refractivity contribution in [3.05, 3.63) is 40.5 Å². The molecule has 0 spiro atoms. The third-order valence-corrected chi connectivity index (χ3v) is 5.24. The van der Waals surface area contributed by atoms with Crippen LogP contribution >= 0.6 is 23.4 Å². The van der Waals surface area contributed by atoms with Crippen molar-refractivity contribution >= 4 is 41.0 Å². The fourth-order valence-corrected chi connectivity index (χ4v) is 3.71. The maximum atomic E-state index is 12.3. The Bertz CT molecular complexity index is 821. The molecular formula is C17H19ClN4O2S. The van der Waals surface area contributed by atoms with Crippen molar-refractivity contribution < 1.29 is 9.59 Å². The number of carbonyl (C=O) groups is 2. The molecule has 0 saturated heterocycles. The molecule has 2 amide bonds. The van der Waals surface area contributed by atoms with Crippen molar-refractivity contribution in [1.82, 2.24) is 15.1 Å². The lowest BCUT2D eigenvalue weighted by molar-refractivity contribution is -0.136. The van der Waals surface area contributed by atoms with Gasteiger partial charge in [-0.3, -0.25) is 9.59 Å². The van der Waals surface area contributed by atoms with Gasteiger partial charge in [0.1, 0.15) is 5.82 Å². The molecule has 25 heavy (non-hydrogen) atoms. The predicted octanol–water partition coefficient (Wildman–Crippen LogP) is 3.13. The largest absolute Gasteiger partial charge is 0.345 e. The Morgan fingerprint density at radius 2 is 2.16 bits per heavy atom. The zero-order chi connectivity index (χ0) is 18.0. The monoisotopic (exact) mass is 378 g/mol. The molecule has 0 radical (unpaired) electrons. The average molecular weight is 379 g/mol. The summed E-state index contributed by atoms with van der Waals surface area (Å²) in [5.74, 6) is 0.728. The Morgan fingerprint density at radius 1 is 1.36 bits per heavy atom. The minimum Gasteiger partial charge on any atom is -0.345 e. The average Bonchev–Trinajstić information content (AvgIpc) is 3.17. The number of nitrogens with one attached hydrogen (secondary N) is 2. The molecule has 3 rings (SSSR count). The van der Waals surface area contributed by atoms with Crippen molar-refractivity contribution in [2.75, 3.05) is 5.32 Å². The summed E-state index contributed by atoms with van der Waals surface area (Å²) in [6, 6.07) is 7.16. The molecule has 2 N–H and O–H groups in total. The van der Waals surface area contributed by atoms with Gasteiger partial charge in [0.05, 0.1) is 11.4 Å². The fourth-order valence-electron chi connectivity index (χ4n) is 2.49. The van der Waals surface area contributed by atoms with Gasteiger partial charge in [-0.2, -0.15) is 16.9 Å². The van der Waals surface area contributed by atoms with Crippen LogP contribution < -0.4 is 10.6 Å². The molecule has 2 heterocycles. The molecule has 8 heteroatoms. The molecule has 1 atom stereocenters. The number of fused-ring (bicyclic) bond motifs is 1. The van der Waals surface area contributed by atoms with Crippen molar-refractivity contribution in [2.24, 2.45) is 0 Å². The van der Waals surface area contributed by atoms with E-state index in [0.29, 0.717) is 10.8 Å². The summed E-state index contributed by atoms with van der Waals surface area (Å²) in [6.45, 7) is 3.80. The summed E-state index contributed by atoms with van der Waals surface area (Å²) >= 11 is 7.80. The molecule has 0 aliphatic carbocycles. The highest BCUT2D eigenvalue weighted by molar-refractivity contribution is 7.98. The number of anilines is 1. The Balaban J connectivity index is 1.90. The molecule has 1 aliphatic heterocycles. The molecule has 1 aromatic carbocycles. The normalized spacial score (nSPS) is 14.0. The molecule has 0 fully saturated rings. The topological polar surface area (TPSA) is 76.0 Å². The van der Waals surface area contributed by atoms with Crippen LogP contribution in [0.1, 0.15) is 31.5 Å². The predicted molar refractivity (Wildman–Crippen MR) is 100 cm³/mol. The Labute approximate surface area is 155 Å². The Kier molecular flexibility index (Phi) is 5.34. The van der Waals surface area contributed by atoms with E-state index in [9.17, 15) is 9.59 Å². The van der Waals surface area contributed by atoms with Gasteiger partial charge in [-0.15, -0.1) is 0 Å². The smallest absolute Gasteiger partial charge is 0.314 e. The third kappa shape index (κ3) is 3.82. The molecular weight excluding hydrogens is 360 g/mol. The van der Waals surface area contributed by atoms with E-state index >= 15 is 0 Å². The first kappa shape index (κ1) is 17.8. The van der Waals surface area contributed by atoms with E-state index in [-0.39, 0.29) is 6.04 Å². The summed E-state index contributed by atoms with van der Waals surface area (Å²) in [4.78, 5) is 24.4. The number of benzene rings is 1. The summed E-state index contributed by atoms with van der Waals surface area (Å²) in [7, 11) is 0. The van der Waals surface area contributed by atoms with Gasteiger partial charge in [-0.1, -0.05) is 24.6 Å². The van der Waals surface area contributed by atoms with Crippen LogP contribution in [0.5, 0.6) is 0 Å². The van der Waals surface area contributed by atoms with Crippen LogP contribution in [0.3, 0.4) is 0 Å². The van der Waals surface area contributed by atoms with Crippen molar-refractivity contribution in [3.8, 4) is 5.69 Å². The quantitative estimate of drug-likeness (QED) is 0.801. The van der Waals surface area contributed by atoms with Crippen LogP contribution in [0, 0.1) is 0 Å². The van der Waals surface area contributed by atoms with Gasteiger partial charge in [0.15, 0.2) is 0 Å². The lowest BCUT2D eigenvalue weighted by atomic mass is 10.2. The first-order valence-electron chi connectivity index (χ1n) is 8.06. The van der Waals surface area contributed by atoms with E-state index in [1.54, 1.807) is 28.6 Å². The number of amides is 2. The van der Waals surface area contributed by atoms with Crippen LogP contribution in [0.25, 0.3) is 5.69 Å². The van der Waals surface area contributed by atoms with Crippen molar-refractivity contribution in [1.29, 1.82) is 0 Å². The van der Waals surface area contributed by atoms with Crippen LogP contribution in [-0.2, 0) is 21.1 Å². The second-order valence-corrected chi connectivity index (χ2v) is 7.32. The molecule has 0 bridgehead atoms. The van der Waals surface area contributed by atoms with Gasteiger partial charge in [0, 0.05) is 28.1 Å². The van der Waals surface area contributed by atoms with Gasteiger partial charge in [-0.25, -0.2) is 4.68 Å². The molecule has 0 unspecified atom stereocenters. The number of thioether (sulfide) groups is 1. The van der Waals surface area contributed by atoms with Crippen LogP contribution in [-0.4, -0.2) is 27.6 Å². The van der Waals surface area contributed by atoms with E-state index in [0.717, 1.165) is 34.9 Å². The maximum absolute atomic E-state index is 12.3. The van der Waals surface area contributed by atoms with Crippen LogP contribution in [0.15, 0.2) is 24.3 Å². The summed E-state index contributed by atoms with van der Waals surface area (Å²) in [6.07, 6.45) is 0.755. The first-order chi connectivity index (χ1) is 12.0. The molecule has 1 aliphatic rings. The molecule has 2 aromatic rings. The summed E-state index contributed by atoms with van der Waals surface area (Å²) < 4.78 is 1.64. The van der Waals surface area contributed by atoms with Crippen LogP contribution in [0.2, 0.25) is 5.02 Å². The van der Waals surface area contributed by atoms with E-state index in [1.165, 1.54) is 0 Å². The maximum Gasteiger partial charge on any atom is 0.314 e. The second-order valence-electron chi connectivity index (χ2n) is 5.90. The molecule has 0 saturated carbocycles. The van der Waals surface area contributed by atoms with Gasteiger partial charge < -0.3 is 10.6 Å². The minimum atomic E-state index is -0.692. The van der Waals surface area contributed by atoms with Gasteiger partial charge in [0.25, 0.3) is 0 Å². The molecule has 1 aromatic heterocycles. The highest BCUT2D eigenvalue weighted by atomic mass is 35.5. The Hall–Kier alpha value is -1.99. The van der Waals surface area contributed by atoms with E-state index in [2.05, 4.69) is 15.7 Å².